The summed E-state index contributed by atoms with van der Waals surface area (Å²) in [5.41, 5.74) is 2.33. The molecule has 4 rings (SSSR count). The van der Waals surface area contributed by atoms with Gasteiger partial charge in [-0.05, 0) is 77.6 Å². The van der Waals surface area contributed by atoms with Crippen LogP contribution in [0.1, 0.15) is 12.5 Å². The molecule has 33 heavy (non-hydrogen) atoms. The molecule has 1 amide bonds. The van der Waals surface area contributed by atoms with Gasteiger partial charge >= 0.3 is 10.1 Å². The number of halogens is 1. The molecule has 0 radical (unpaired) electrons. The van der Waals surface area contributed by atoms with Crippen molar-refractivity contribution < 1.29 is 22.1 Å². The van der Waals surface area contributed by atoms with E-state index in [1.54, 1.807) is 43.3 Å². The van der Waals surface area contributed by atoms with Crippen molar-refractivity contribution in [2.75, 3.05) is 12.1 Å². The van der Waals surface area contributed by atoms with Gasteiger partial charge in [0.2, 0.25) is 0 Å². The first-order valence-corrected chi connectivity index (χ1v) is 12.3. The minimum atomic E-state index is -4.04. The van der Waals surface area contributed by atoms with Crippen LogP contribution in [0.3, 0.4) is 0 Å². The maximum absolute atomic E-state index is 13.0. The molecule has 0 saturated heterocycles. The number of hydrazone groups is 1. The Morgan fingerprint density at radius 3 is 2.27 bits per heavy atom. The van der Waals surface area contributed by atoms with Gasteiger partial charge in [-0.3, -0.25) is 4.79 Å². The van der Waals surface area contributed by atoms with E-state index in [0.29, 0.717) is 26.1 Å². The lowest BCUT2D eigenvalue weighted by atomic mass is 10.1. The number of methoxy groups -OCH3 is 1. The van der Waals surface area contributed by atoms with E-state index in [4.69, 9.17) is 8.92 Å². The van der Waals surface area contributed by atoms with Gasteiger partial charge in [0.1, 0.15) is 4.90 Å². The van der Waals surface area contributed by atoms with E-state index < -0.39 is 10.1 Å². The number of anilines is 1. The van der Waals surface area contributed by atoms with Crippen molar-refractivity contribution in [1.29, 1.82) is 0 Å². The number of nitrogens with zero attached hydrogens (tertiary/aromatic N) is 2. The Morgan fingerprint density at radius 1 is 1.00 bits per heavy atom. The third-order valence-corrected chi connectivity index (χ3v) is 6.89. The summed E-state index contributed by atoms with van der Waals surface area (Å²) in [5.74, 6) is 0.0611. The standard InChI is InChI=1S/C24H19IN2O5S/c1-16-20(24(28)27(26-16)18-9-5-3-6-10-18)13-17-14-21(25)23(22(15-17)31-2)32-33(29,30)19-11-7-4-8-12-19/h3-15H,1-2H3/b20-13+. The number of benzene rings is 3. The van der Waals surface area contributed by atoms with E-state index >= 15 is 0 Å². The molecule has 3 aromatic rings. The predicted octanol–water partition coefficient (Wildman–Crippen LogP) is 4.87. The zero-order valence-electron chi connectivity index (χ0n) is 17.7. The quantitative estimate of drug-likeness (QED) is 0.238. The highest BCUT2D eigenvalue weighted by Gasteiger charge is 2.29. The SMILES string of the molecule is COc1cc(/C=C2/C(=O)N(c3ccccc3)N=C2C)cc(I)c1OS(=O)(=O)c1ccccc1. The van der Waals surface area contributed by atoms with Crippen LogP contribution in [0.15, 0.2) is 88.4 Å². The average molecular weight is 574 g/mol. The van der Waals surface area contributed by atoms with Gasteiger partial charge in [-0.2, -0.15) is 18.5 Å². The molecular weight excluding hydrogens is 555 g/mol. The zero-order valence-corrected chi connectivity index (χ0v) is 20.7. The smallest absolute Gasteiger partial charge is 0.339 e. The monoisotopic (exact) mass is 574 g/mol. The molecule has 168 valence electrons. The van der Waals surface area contributed by atoms with Crippen molar-refractivity contribution >= 4 is 56.1 Å². The van der Waals surface area contributed by atoms with Gasteiger partial charge in [-0.1, -0.05) is 36.4 Å². The molecule has 1 heterocycles. The fourth-order valence-electron chi connectivity index (χ4n) is 3.24. The molecular formula is C24H19IN2O5S. The molecule has 0 unspecified atom stereocenters. The molecule has 7 nitrogen and oxygen atoms in total. The van der Waals surface area contributed by atoms with Crippen LogP contribution in [0.25, 0.3) is 6.08 Å². The summed E-state index contributed by atoms with van der Waals surface area (Å²) < 4.78 is 36.7. The Bertz CT molecular complexity index is 1370. The van der Waals surface area contributed by atoms with Gasteiger partial charge in [0.15, 0.2) is 11.5 Å². The number of hydrogen-bond donors (Lipinski definition) is 0. The first-order chi connectivity index (χ1) is 15.8. The molecule has 0 spiro atoms. The van der Waals surface area contributed by atoms with Crippen LogP contribution in [0, 0.1) is 3.57 Å². The number of para-hydroxylation sites is 1. The van der Waals surface area contributed by atoms with Crippen LogP contribution >= 0.6 is 22.6 Å². The molecule has 9 heteroatoms. The first-order valence-electron chi connectivity index (χ1n) is 9.84. The summed E-state index contributed by atoms with van der Waals surface area (Å²) in [6.45, 7) is 1.76. The number of carbonyl (C=O) groups excluding carboxylic acids is 1. The van der Waals surface area contributed by atoms with Crippen LogP contribution in [-0.4, -0.2) is 27.1 Å². The number of carbonyl (C=O) groups is 1. The second kappa shape index (κ2) is 9.36. The fraction of sp³-hybridized carbons (Fsp3) is 0.0833. The van der Waals surface area contributed by atoms with E-state index in [1.807, 2.05) is 52.9 Å². The largest absolute Gasteiger partial charge is 0.493 e. The highest BCUT2D eigenvalue weighted by molar-refractivity contribution is 14.1. The van der Waals surface area contributed by atoms with Crippen LogP contribution in [0.2, 0.25) is 0 Å². The van der Waals surface area contributed by atoms with Crippen molar-refractivity contribution in [2.45, 2.75) is 11.8 Å². The molecule has 1 aliphatic heterocycles. The van der Waals surface area contributed by atoms with Gasteiger partial charge in [0.25, 0.3) is 5.91 Å². The van der Waals surface area contributed by atoms with E-state index in [0.717, 1.165) is 0 Å². The molecule has 0 atom stereocenters. The van der Waals surface area contributed by atoms with E-state index in [2.05, 4.69) is 5.10 Å². The third-order valence-electron chi connectivity index (χ3n) is 4.85. The highest BCUT2D eigenvalue weighted by atomic mass is 127. The first kappa shape index (κ1) is 23.0. The molecule has 0 saturated carbocycles. The van der Waals surface area contributed by atoms with E-state index in [9.17, 15) is 13.2 Å². The van der Waals surface area contributed by atoms with E-state index in [-0.39, 0.29) is 22.3 Å². The lowest BCUT2D eigenvalue weighted by Gasteiger charge is -2.14. The van der Waals surface area contributed by atoms with Gasteiger partial charge in [0, 0.05) is 0 Å². The lowest BCUT2D eigenvalue weighted by molar-refractivity contribution is -0.114. The van der Waals surface area contributed by atoms with E-state index in [1.165, 1.54) is 24.3 Å². The van der Waals surface area contributed by atoms with Crippen molar-refractivity contribution in [2.24, 2.45) is 5.10 Å². The van der Waals surface area contributed by atoms with Crippen molar-refractivity contribution in [3.8, 4) is 11.5 Å². The van der Waals surface area contributed by atoms with Crippen LogP contribution < -0.4 is 13.9 Å². The second-order valence-electron chi connectivity index (χ2n) is 7.08. The summed E-state index contributed by atoms with van der Waals surface area (Å²) in [6.07, 6.45) is 1.70. The normalized spacial score (nSPS) is 15.0. The number of amides is 1. The maximum Gasteiger partial charge on any atom is 0.339 e. The summed E-state index contributed by atoms with van der Waals surface area (Å²) >= 11 is 1.98. The Balaban J connectivity index is 1.67. The Morgan fingerprint density at radius 2 is 1.64 bits per heavy atom. The van der Waals surface area contributed by atoms with Crippen molar-refractivity contribution in [1.82, 2.24) is 0 Å². The zero-order chi connectivity index (χ0) is 23.6. The Hall–Kier alpha value is -3.18. The fourth-order valence-corrected chi connectivity index (χ4v) is 5.11. The summed E-state index contributed by atoms with van der Waals surface area (Å²) in [5, 5.41) is 5.73. The number of ether oxygens (including phenoxy) is 1. The van der Waals surface area contributed by atoms with Crippen molar-refractivity contribution in [3.63, 3.8) is 0 Å². The summed E-state index contributed by atoms with van der Waals surface area (Å²) in [7, 11) is -2.61. The van der Waals surface area contributed by atoms with Gasteiger partial charge in [-0.15, -0.1) is 0 Å². The molecule has 1 aliphatic rings. The van der Waals surface area contributed by atoms with Gasteiger partial charge in [-0.25, -0.2) is 0 Å². The Labute approximate surface area is 205 Å². The average Bonchev–Trinajstić information content (AvgIpc) is 3.10. The molecule has 0 aromatic heterocycles. The van der Waals surface area contributed by atoms with Crippen molar-refractivity contribution in [3.05, 3.63) is 87.5 Å². The highest BCUT2D eigenvalue weighted by Crippen LogP contribution is 2.37. The summed E-state index contributed by atoms with van der Waals surface area (Å²) in [4.78, 5) is 13.0. The number of hydrogen-bond acceptors (Lipinski definition) is 6. The predicted molar refractivity (Wildman–Crippen MR) is 135 cm³/mol. The molecule has 0 aliphatic carbocycles. The Kier molecular flexibility index (Phi) is 6.52. The number of rotatable bonds is 6. The minimum absolute atomic E-state index is 0.0402. The second-order valence-corrected chi connectivity index (χ2v) is 9.79. The summed E-state index contributed by atoms with van der Waals surface area (Å²) in [6, 6.07) is 20.4. The molecule has 3 aromatic carbocycles. The third kappa shape index (κ3) is 4.79. The minimum Gasteiger partial charge on any atom is -0.493 e. The lowest BCUT2D eigenvalue weighted by Crippen LogP contribution is -2.21. The molecule has 0 bridgehead atoms. The van der Waals surface area contributed by atoms with Crippen LogP contribution in [-0.2, 0) is 14.9 Å². The molecule has 0 fully saturated rings. The topological polar surface area (TPSA) is 85.3 Å². The molecule has 0 N–H and O–H groups in total. The van der Waals surface area contributed by atoms with Gasteiger partial charge < -0.3 is 8.92 Å². The van der Waals surface area contributed by atoms with Crippen LogP contribution in [0.5, 0.6) is 11.5 Å². The van der Waals surface area contributed by atoms with Crippen LogP contribution in [0.4, 0.5) is 5.69 Å². The maximum atomic E-state index is 13.0. The van der Waals surface area contributed by atoms with Gasteiger partial charge in [0.05, 0.1) is 27.7 Å².